The first-order valence-electron chi connectivity index (χ1n) is 5.57. The Morgan fingerprint density at radius 1 is 1.06 bits per heavy atom. The highest BCUT2D eigenvalue weighted by molar-refractivity contribution is 6.04. The number of ether oxygens (including phenoxy) is 1. The fraction of sp³-hybridized carbons (Fsp3) is 0.0714. The molecule has 4 nitrogen and oxygen atoms in total. The highest BCUT2D eigenvalue weighted by Crippen LogP contribution is 2.22. The second kappa shape index (κ2) is 4.07. The molecule has 0 spiro atoms. The van der Waals surface area contributed by atoms with E-state index in [-0.39, 0.29) is 5.90 Å². The van der Waals surface area contributed by atoms with Crippen molar-refractivity contribution in [3.05, 3.63) is 48.3 Å². The van der Waals surface area contributed by atoms with Gasteiger partial charge in [-0.15, -0.1) is 0 Å². The summed E-state index contributed by atoms with van der Waals surface area (Å²) >= 11 is 0. The summed E-state index contributed by atoms with van der Waals surface area (Å²) in [5.41, 5.74) is 2.16. The zero-order chi connectivity index (χ0) is 12.5. The van der Waals surface area contributed by atoms with Crippen LogP contribution in [0.5, 0.6) is 0 Å². The standard InChI is InChI=1S/C14H11N3O/c1-18-14(15)11-7-6-10-5-4-9-3-2-8-16-12(9)13(10)17-11/h2-8,15H,1H3. The van der Waals surface area contributed by atoms with Gasteiger partial charge in [0.2, 0.25) is 5.90 Å². The minimum atomic E-state index is 0.0600. The SMILES string of the molecule is COC(=N)c1ccc2ccc3cccnc3c2n1. The van der Waals surface area contributed by atoms with E-state index in [1.807, 2.05) is 30.3 Å². The Labute approximate surface area is 104 Å². The normalized spacial score (nSPS) is 10.7. The van der Waals surface area contributed by atoms with Gasteiger partial charge in [-0.05, 0) is 12.1 Å². The number of benzene rings is 1. The number of nitrogens with zero attached hydrogens (tertiary/aromatic N) is 2. The number of aromatic nitrogens is 2. The molecule has 0 saturated carbocycles. The molecule has 0 aliphatic heterocycles. The van der Waals surface area contributed by atoms with Crippen LogP contribution in [0, 0.1) is 5.41 Å². The lowest BCUT2D eigenvalue weighted by Crippen LogP contribution is -2.04. The zero-order valence-electron chi connectivity index (χ0n) is 9.84. The van der Waals surface area contributed by atoms with Crippen LogP contribution in [0.2, 0.25) is 0 Å². The molecule has 0 saturated heterocycles. The van der Waals surface area contributed by atoms with Gasteiger partial charge >= 0.3 is 0 Å². The Morgan fingerprint density at radius 3 is 2.56 bits per heavy atom. The van der Waals surface area contributed by atoms with Crippen molar-refractivity contribution in [3.8, 4) is 0 Å². The van der Waals surface area contributed by atoms with Crippen molar-refractivity contribution in [1.82, 2.24) is 9.97 Å². The van der Waals surface area contributed by atoms with Gasteiger partial charge in [-0.2, -0.15) is 0 Å². The molecule has 0 bridgehead atoms. The molecule has 1 aromatic carbocycles. The van der Waals surface area contributed by atoms with Crippen LogP contribution in [-0.4, -0.2) is 23.0 Å². The summed E-state index contributed by atoms with van der Waals surface area (Å²) in [6.07, 6.45) is 1.75. The van der Waals surface area contributed by atoms with Gasteiger partial charge < -0.3 is 4.74 Å². The fourth-order valence-corrected chi connectivity index (χ4v) is 1.95. The maximum absolute atomic E-state index is 7.66. The molecule has 4 heteroatoms. The Bertz CT molecular complexity index is 752. The molecule has 0 radical (unpaired) electrons. The fourth-order valence-electron chi connectivity index (χ4n) is 1.95. The Balaban J connectivity index is 2.36. The summed E-state index contributed by atoms with van der Waals surface area (Å²) in [5, 5.41) is 9.71. The highest BCUT2D eigenvalue weighted by atomic mass is 16.5. The van der Waals surface area contributed by atoms with Crippen LogP contribution in [0.4, 0.5) is 0 Å². The van der Waals surface area contributed by atoms with Gasteiger partial charge in [0.25, 0.3) is 0 Å². The maximum Gasteiger partial charge on any atom is 0.232 e. The molecule has 0 atom stereocenters. The predicted molar refractivity (Wildman–Crippen MR) is 70.9 cm³/mol. The van der Waals surface area contributed by atoms with Crippen molar-refractivity contribution in [2.75, 3.05) is 7.11 Å². The Morgan fingerprint density at radius 2 is 1.78 bits per heavy atom. The van der Waals surface area contributed by atoms with Crippen LogP contribution in [-0.2, 0) is 4.74 Å². The number of hydrogen-bond donors (Lipinski definition) is 1. The topological polar surface area (TPSA) is 58.9 Å². The Kier molecular flexibility index (Phi) is 2.41. The molecule has 3 rings (SSSR count). The number of nitrogens with one attached hydrogen (secondary N) is 1. The van der Waals surface area contributed by atoms with Crippen LogP contribution in [0.15, 0.2) is 42.6 Å². The molecule has 0 aliphatic carbocycles. The molecule has 0 fully saturated rings. The van der Waals surface area contributed by atoms with Crippen molar-refractivity contribution in [3.63, 3.8) is 0 Å². The average Bonchev–Trinajstić information content (AvgIpc) is 2.45. The second-order valence-electron chi connectivity index (χ2n) is 3.94. The van der Waals surface area contributed by atoms with Gasteiger partial charge in [0, 0.05) is 17.0 Å². The first kappa shape index (κ1) is 10.7. The van der Waals surface area contributed by atoms with Crippen molar-refractivity contribution in [2.45, 2.75) is 0 Å². The largest absolute Gasteiger partial charge is 0.480 e. The van der Waals surface area contributed by atoms with Crippen LogP contribution in [0.25, 0.3) is 21.8 Å². The minimum Gasteiger partial charge on any atom is -0.480 e. The van der Waals surface area contributed by atoms with Crippen LogP contribution >= 0.6 is 0 Å². The smallest absolute Gasteiger partial charge is 0.232 e. The lowest BCUT2D eigenvalue weighted by molar-refractivity contribution is 0.400. The molecule has 88 valence electrons. The monoisotopic (exact) mass is 237 g/mol. The summed E-state index contributed by atoms with van der Waals surface area (Å²) in [4.78, 5) is 8.82. The second-order valence-corrected chi connectivity index (χ2v) is 3.94. The summed E-state index contributed by atoms with van der Waals surface area (Å²) in [6, 6.07) is 11.6. The molecular weight excluding hydrogens is 226 g/mol. The van der Waals surface area contributed by atoms with Gasteiger partial charge in [-0.25, -0.2) is 4.98 Å². The molecule has 0 amide bonds. The van der Waals surface area contributed by atoms with E-state index >= 15 is 0 Å². The third-order valence-electron chi connectivity index (χ3n) is 2.87. The molecule has 0 unspecified atom stereocenters. The van der Waals surface area contributed by atoms with Gasteiger partial charge in [0.1, 0.15) is 5.69 Å². The Hall–Kier alpha value is -2.49. The molecule has 18 heavy (non-hydrogen) atoms. The van der Waals surface area contributed by atoms with Crippen molar-refractivity contribution < 1.29 is 4.74 Å². The lowest BCUT2D eigenvalue weighted by atomic mass is 10.1. The van der Waals surface area contributed by atoms with Gasteiger partial charge in [0.05, 0.1) is 18.1 Å². The number of methoxy groups -OCH3 is 1. The van der Waals surface area contributed by atoms with E-state index in [4.69, 9.17) is 10.1 Å². The molecule has 2 aromatic heterocycles. The maximum atomic E-state index is 7.66. The van der Waals surface area contributed by atoms with Gasteiger partial charge in [0.15, 0.2) is 0 Å². The molecule has 2 heterocycles. The molecule has 0 aliphatic rings. The predicted octanol–water partition coefficient (Wildman–Crippen LogP) is 2.75. The zero-order valence-corrected chi connectivity index (χ0v) is 9.84. The molecular formula is C14H11N3O. The van der Waals surface area contributed by atoms with Crippen molar-refractivity contribution in [1.29, 1.82) is 5.41 Å². The van der Waals surface area contributed by atoms with Gasteiger partial charge in [-0.1, -0.05) is 24.3 Å². The van der Waals surface area contributed by atoms with Crippen LogP contribution < -0.4 is 0 Å². The van der Waals surface area contributed by atoms with E-state index in [1.165, 1.54) is 7.11 Å². The lowest BCUT2D eigenvalue weighted by Gasteiger charge is -2.05. The average molecular weight is 237 g/mol. The van der Waals surface area contributed by atoms with Crippen molar-refractivity contribution >= 4 is 27.7 Å². The first-order valence-corrected chi connectivity index (χ1v) is 5.57. The van der Waals surface area contributed by atoms with E-state index in [1.54, 1.807) is 12.3 Å². The third kappa shape index (κ3) is 1.59. The molecule has 3 aromatic rings. The van der Waals surface area contributed by atoms with Gasteiger partial charge in [-0.3, -0.25) is 10.4 Å². The summed E-state index contributed by atoms with van der Waals surface area (Å²) < 4.78 is 4.90. The minimum absolute atomic E-state index is 0.0600. The summed E-state index contributed by atoms with van der Waals surface area (Å²) in [5.74, 6) is 0.0600. The molecule has 1 N–H and O–H groups in total. The number of rotatable bonds is 1. The third-order valence-corrected chi connectivity index (χ3v) is 2.87. The summed E-state index contributed by atoms with van der Waals surface area (Å²) in [7, 11) is 1.47. The summed E-state index contributed by atoms with van der Waals surface area (Å²) in [6.45, 7) is 0. The number of pyridine rings is 2. The van der Waals surface area contributed by atoms with E-state index in [0.717, 1.165) is 21.8 Å². The van der Waals surface area contributed by atoms with Crippen LogP contribution in [0.1, 0.15) is 5.69 Å². The van der Waals surface area contributed by atoms with Crippen LogP contribution in [0.3, 0.4) is 0 Å². The van der Waals surface area contributed by atoms with E-state index in [2.05, 4.69) is 9.97 Å². The number of hydrogen-bond acceptors (Lipinski definition) is 4. The highest BCUT2D eigenvalue weighted by Gasteiger charge is 2.07. The van der Waals surface area contributed by atoms with Crippen molar-refractivity contribution in [2.24, 2.45) is 0 Å². The first-order chi connectivity index (χ1) is 8.79. The number of fused-ring (bicyclic) bond motifs is 3. The quantitative estimate of drug-likeness (QED) is 0.402. The van der Waals surface area contributed by atoms with E-state index in [0.29, 0.717) is 5.69 Å². The van der Waals surface area contributed by atoms with E-state index in [9.17, 15) is 0 Å². The van der Waals surface area contributed by atoms with E-state index < -0.39 is 0 Å².